The third kappa shape index (κ3) is 3.71. The summed E-state index contributed by atoms with van der Waals surface area (Å²) in [6.45, 7) is 5.54. The highest BCUT2D eigenvalue weighted by molar-refractivity contribution is 5.73. The Hall–Kier alpha value is -0.850. The summed E-state index contributed by atoms with van der Waals surface area (Å²) < 4.78 is 0. The van der Waals surface area contributed by atoms with Crippen LogP contribution in [0.5, 0.6) is 0 Å². The van der Waals surface area contributed by atoms with Crippen molar-refractivity contribution in [2.75, 3.05) is 0 Å². The third-order valence-corrected chi connectivity index (χ3v) is 1.02. The van der Waals surface area contributed by atoms with Gasteiger partial charge in [-0.3, -0.25) is 4.79 Å². The van der Waals surface area contributed by atoms with Crippen LogP contribution >= 0.6 is 0 Å². The molecule has 9 heavy (non-hydrogen) atoms. The summed E-state index contributed by atoms with van der Waals surface area (Å²) in [5.41, 5.74) is 0.826. The number of hydrogen-bond acceptors (Lipinski definition) is 1. The Bertz CT molecular complexity index is 123. The molecule has 0 rings (SSSR count). The average Bonchev–Trinajstić information content (AvgIpc) is 1.88. The third-order valence-electron chi connectivity index (χ3n) is 1.02. The normalized spacial score (nSPS) is 11.0. The summed E-state index contributed by atoms with van der Waals surface area (Å²) in [5, 5.41) is 0. The van der Waals surface area contributed by atoms with Crippen molar-refractivity contribution >= 4 is 6.29 Å². The molecule has 0 fully saturated rings. The zero-order valence-electron chi connectivity index (χ0n) is 5.76. The molecule has 0 saturated carbocycles. The number of carbonyl (C=O) groups excluding carboxylic acids is 1. The quantitative estimate of drug-likeness (QED) is 0.318. The van der Waals surface area contributed by atoms with E-state index in [1.54, 1.807) is 12.2 Å². The summed E-state index contributed by atoms with van der Waals surface area (Å²) in [6, 6.07) is 0. The number of hydrogen-bond donors (Lipinski definition) is 0. The maximum Gasteiger partial charge on any atom is 0.146 e. The summed E-state index contributed by atoms with van der Waals surface area (Å²) in [7, 11) is 0. The molecule has 0 saturated heterocycles. The molecule has 0 aliphatic carbocycles. The standard InChI is InChI=1S/C8H12O/c1-3-5-8(7-9)6-4-2/h3,5,7H,1,4,6H2,2H3/b8-5+. The SMILES string of the molecule is C=C/C=C(/C=O)CCC. The Morgan fingerprint density at radius 1 is 1.67 bits per heavy atom. The first-order valence-corrected chi connectivity index (χ1v) is 3.12. The van der Waals surface area contributed by atoms with Gasteiger partial charge in [0, 0.05) is 0 Å². The Labute approximate surface area is 56.1 Å². The molecule has 0 atom stereocenters. The van der Waals surface area contributed by atoms with E-state index in [9.17, 15) is 4.79 Å². The number of allylic oxidation sites excluding steroid dienone is 3. The Kier molecular flexibility index (Phi) is 4.79. The van der Waals surface area contributed by atoms with Crippen LogP contribution in [0.3, 0.4) is 0 Å². The molecule has 0 spiro atoms. The van der Waals surface area contributed by atoms with Crippen molar-refractivity contribution in [2.24, 2.45) is 0 Å². The van der Waals surface area contributed by atoms with Crippen LogP contribution in [0.1, 0.15) is 19.8 Å². The molecule has 0 bridgehead atoms. The highest BCUT2D eigenvalue weighted by Gasteiger charge is 1.88. The Morgan fingerprint density at radius 2 is 2.33 bits per heavy atom. The zero-order chi connectivity index (χ0) is 7.11. The van der Waals surface area contributed by atoms with Gasteiger partial charge in [0.2, 0.25) is 0 Å². The smallest absolute Gasteiger partial charge is 0.146 e. The second-order valence-electron chi connectivity index (χ2n) is 1.85. The fraction of sp³-hybridized carbons (Fsp3) is 0.375. The minimum absolute atomic E-state index is 0.826. The first-order valence-electron chi connectivity index (χ1n) is 3.12. The molecule has 0 aliphatic rings. The molecule has 1 heteroatoms. The van der Waals surface area contributed by atoms with E-state index in [1.807, 2.05) is 6.92 Å². The summed E-state index contributed by atoms with van der Waals surface area (Å²) in [5.74, 6) is 0. The molecule has 0 aromatic rings. The van der Waals surface area contributed by atoms with Crippen molar-refractivity contribution < 1.29 is 4.79 Å². The van der Waals surface area contributed by atoms with E-state index in [0.717, 1.165) is 24.7 Å². The van der Waals surface area contributed by atoms with Gasteiger partial charge in [0.15, 0.2) is 0 Å². The van der Waals surface area contributed by atoms with Crippen LogP contribution in [0.25, 0.3) is 0 Å². The minimum atomic E-state index is 0.826. The monoisotopic (exact) mass is 124 g/mol. The van der Waals surface area contributed by atoms with Crippen LogP contribution in [0.15, 0.2) is 24.3 Å². The van der Waals surface area contributed by atoms with E-state index >= 15 is 0 Å². The summed E-state index contributed by atoms with van der Waals surface area (Å²) >= 11 is 0. The summed E-state index contributed by atoms with van der Waals surface area (Å²) in [4.78, 5) is 10.2. The van der Waals surface area contributed by atoms with E-state index in [4.69, 9.17) is 0 Å². The van der Waals surface area contributed by atoms with Gasteiger partial charge in [-0.2, -0.15) is 0 Å². The number of aldehydes is 1. The van der Waals surface area contributed by atoms with E-state index in [2.05, 4.69) is 6.58 Å². The molecule has 0 aromatic carbocycles. The van der Waals surface area contributed by atoms with Crippen LogP contribution in [0.2, 0.25) is 0 Å². The molecular formula is C8H12O. The van der Waals surface area contributed by atoms with Crippen LogP contribution in [-0.2, 0) is 4.79 Å². The molecule has 0 amide bonds. The fourth-order valence-corrected chi connectivity index (χ4v) is 0.622. The van der Waals surface area contributed by atoms with Crippen LogP contribution < -0.4 is 0 Å². The van der Waals surface area contributed by atoms with E-state index in [1.165, 1.54) is 0 Å². The molecule has 1 nitrogen and oxygen atoms in total. The van der Waals surface area contributed by atoms with Gasteiger partial charge in [-0.05, 0) is 12.0 Å². The molecule has 0 heterocycles. The predicted molar refractivity (Wildman–Crippen MR) is 39.3 cm³/mol. The van der Waals surface area contributed by atoms with Crippen LogP contribution in [0, 0.1) is 0 Å². The second-order valence-corrected chi connectivity index (χ2v) is 1.85. The first kappa shape index (κ1) is 8.15. The van der Waals surface area contributed by atoms with E-state index < -0.39 is 0 Å². The van der Waals surface area contributed by atoms with Crippen molar-refractivity contribution in [1.29, 1.82) is 0 Å². The van der Waals surface area contributed by atoms with Gasteiger partial charge in [-0.15, -0.1) is 0 Å². The molecule has 0 N–H and O–H groups in total. The highest BCUT2D eigenvalue weighted by atomic mass is 16.1. The molecule has 50 valence electrons. The second kappa shape index (κ2) is 5.29. The molecule has 0 aromatic heterocycles. The summed E-state index contributed by atoms with van der Waals surface area (Å²) in [6.07, 6.45) is 6.13. The van der Waals surface area contributed by atoms with Crippen LogP contribution in [0.4, 0.5) is 0 Å². The lowest BCUT2D eigenvalue weighted by Crippen LogP contribution is -1.81. The molecular weight excluding hydrogens is 112 g/mol. The van der Waals surface area contributed by atoms with Gasteiger partial charge in [0.25, 0.3) is 0 Å². The van der Waals surface area contributed by atoms with E-state index in [-0.39, 0.29) is 0 Å². The fourth-order valence-electron chi connectivity index (χ4n) is 0.622. The van der Waals surface area contributed by atoms with E-state index in [0.29, 0.717) is 0 Å². The lowest BCUT2D eigenvalue weighted by molar-refractivity contribution is -0.105. The van der Waals surface area contributed by atoms with Crippen molar-refractivity contribution in [3.8, 4) is 0 Å². The van der Waals surface area contributed by atoms with Gasteiger partial charge < -0.3 is 0 Å². The topological polar surface area (TPSA) is 17.1 Å². The van der Waals surface area contributed by atoms with Crippen molar-refractivity contribution in [1.82, 2.24) is 0 Å². The number of rotatable bonds is 4. The van der Waals surface area contributed by atoms with Crippen molar-refractivity contribution in [2.45, 2.75) is 19.8 Å². The first-order chi connectivity index (χ1) is 4.35. The Morgan fingerprint density at radius 3 is 2.67 bits per heavy atom. The maximum atomic E-state index is 10.2. The van der Waals surface area contributed by atoms with Gasteiger partial charge in [0.1, 0.15) is 6.29 Å². The van der Waals surface area contributed by atoms with Crippen molar-refractivity contribution in [3.05, 3.63) is 24.3 Å². The van der Waals surface area contributed by atoms with Gasteiger partial charge in [-0.1, -0.05) is 32.1 Å². The van der Waals surface area contributed by atoms with Gasteiger partial charge in [-0.25, -0.2) is 0 Å². The maximum absolute atomic E-state index is 10.2. The highest BCUT2D eigenvalue weighted by Crippen LogP contribution is 1.99. The predicted octanol–water partition coefficient (Wildman–Crippen LogP) is 2.10. The van der Waals surface area contributed by atoms with Gasteiger partial charge in [0.05, 0.1) is 0 Å². The largest absolute Gasteiger partial charge is 0.298 e. The van der Waals surface area contributed by atoms with Crippen LogP contribution in [-0.4, -0.2) is 6.29 Å². The lowest BCUT2D eigenvalue weighted by Gasteiger charge is -1.90. The lowest BCUT2D eigenvalue weighted by atomic mass is 10.1. The van der Waals surface area contributed by atoms with Gasteiger partial charge >= 0.3 is 0 Å². The van der Waals surface area contributed by atoms with Crippen molar-refractivity contribution in [3.63, 3.8) is 0 Å². The zero-order valence-corrected chi connectivity index (χ0v) is 5.76. The average molecular weight is 124 g/mol. The molecule has 0 unspecified atom stereocenters. The number of carbonyl (C=O) groups is 1. The Balaban J connectivity index is 3.80. The molecule has 0 radical (unpaired) electrons. The minimum Gasteiger partial charge on any atom is -0.298 e. The molecule has 0 aliphatic heterocycles.